The maximum Gasteiger partial charge on any atom is 0.319 e. The lowest BCUT2D eigenvalue weighted by Crippen LogP contribution is -2.39. The Morgan fingerprint density at radius 2 is 2.07 bits per heavy atom. The van der Waals surface area contributed by atoms with Gasteiger partial charge in [-0.05, 0) is 17.8 Å². The monoisotopic (exact) mass is 190 g/mol. The van der Waals surface area contributed by atoms with Crippen molar-refractivity contribution in [3.8, 4) is 0 Å². The van der Waals surface area contributed by atoms with Crippen LogP contribution in [0.4, 0.5) is 0 Å². The highest BCUT2D eigenvalue weighted by atomic mass is 16.5. The fourth-order valence-corrected chi connectivity index (χ4v) is 3.24. The van der Waals surface area contributed by atoms with E-state index in [-0.39, 0.29) is 5.97 Å². The van der Waals surface area contributed by atoms with Crippen molar-refractivity contribution in [2.45, 2.75) is 13.3 Å². The van der Waals surface area contributed by atoms with Gasteiger partial charge in [0.15, 0.2) is 0 Å². The number of allylic oxidation sites excluding steroid dienone is 2. The summed E-state index contributed by atoms with van der Waals surface area (Å²) in [4.78, 5) is 11.8. The minimum Gasteiger partial charge on any atom is -0.468 e. The van der Waals surface area contributed by atoms with Crippen LogP contribution in [-0.4, -0.2) is 13.1 Å². The number of esters is 1. The molecule has 0 amide bonds. The van der Waals surface area contributed by atoms with E-state index in [1.54, 1.807) is 0 Å². The highest BCUT2D eigenvalue weighted by molar-refractivity contribution is 5.84. The van der Waals surface area contributed by atoms with Crippen LogP contribution in [0.25, 0.3) is 0 Å². The molecule has 4 rings (SSSR count). The third-order valence-electron chi connectivity index (χ3n) is 4.32. The van der Waals surface area contributed by atoms with E-state index in [1.165, 1.54) is 7.11 Å². The zero-order valence-corrected chi connectivity index (χ0v) is 8.49. The number of rotatable bonds is 1. The lowest BCUT2D eigenvalue weighted by Gasteiger charge is -2.38. The number of carbonyl (C=O) groups is 1. The fourth-order valence-electron chi connectivity index (χ4n) is 3.24. The Kier molecular flexibility index (Phi) is 1.26. The topological polar surface area (TPSA) is 26.3 Å². The van der Waals surface area contributed by atoms with E-state index in [0.717, 1.165) is 6.42 Å². The first-order valence-corrected chi connectivity index (χ1v) is 5.11. The fraction of sp³-hybridized carbons (Fsp3) is 0.583. The zero-order valence-electron chi connectivity index (χ0n) is 8.49. The predicted octanol–water partition coefficient (Wildman–Crippen LogP) is 1.93. The Morgan fingerprint density at radius 1 is 1.43 bits per heavy atom. The van der Waals surface area contributed by atoms with Gasteiger partial charge in [-0.3, -0.25) is 4.79 Å². The summed E-state index contributed by atoms with van der Waals surface area (Å²) in [6, 6.07) is 0. The third-order valence-corrected chi connectivity index (χ3v) is 4.32. The molecule has 14 heavy (non-hydrogen) atoms. The predicted molar refractivity (Wildman–Crippen MR) is 52.4 cm³/mol. The van der Waals surface area contributed by atoms with Gasteiger partial charge in [-0.15, -0.1) is 0 Å². The standard InChI is InChI=1S/C12H14O2/c1-11-7-9(11)12(10(13)14-2)5-3-8(11)4-6-12/h3-6,8-9H,7H2,1-2H3. The van der Waals surface area contributed by atoms with Crippen molar-refractivity contribution in [1.29, 1.82) is 0 Å². The van der Waals surface area contributed by atoms with Gasteiger partial charge < -0.3 is 4.74 Å². The van der Waals surface area contributed by atoms with Crippen LogP contribution in [0.2, 0.25) is 0 Å². The molecule has 0 radical (unpaired) electrons. The van der Waals surface area contributed by atoms with Crippen LogP contribution in [0.3, 0.4) is 0 Å². The smallest absolute Gasteiger partial charge is 0.319 e. The highest BCUT2D eigenvalue weighted by Gasteiger charge is 2.68. The summed E-state index contributed by atoms with van der Waals surface area (Å²) in [6.45, 7) is 2.27. The van der Waals surface area contributed by atoms with Gasteiger partial charge in [-0.2, -0.15) is 0 Å². The summed E-state index contributed by atoms with van der Waals surface area (Å²) < 4.78 is 4.91. The van der Waals surface area contributed by atoms with Crippen molar-refractivity contribution in [3.05, 3.63) is 24.3 Å². The molecular formula is C12H14O2. The Hall–Kier alpha value is -1.05. The van der Waals surface area contributed by atoms with Crippen LogP contribution in [0, 0.1) is 22.7 Å². The van der Waals surface area contributed by atoms with Crippen LogP contribution in [0.15, 0.2) is 24.3 Å². The minimum absolute atomic E-state index is 0.100. The maximum absolute atomic E-state index is 11.8. The number of hydrogen-bond donors (Lipinski definition) is 0. The largest absolute Gasteiger partial charge is 0.468 e. The Bertz CT molecular complexity index is 353. The SMILES string of the molecule is COC(=O)C12C=CC(C=C1)C1(C)CC21. The minimum atomic E-state index is -0.432. The van der Waals surface area contributed by atoms with Crippen molar-refractivity contribution in [2.24, 2.45) is 22.7 Å². The molecule has 0 aromatic heterocycles. The molecular weight excluding hydrogens is 176 g/mol. The summed E-state index contributed by atoms with van der Waals surface area (Å²) in [7, 11) is 1.47. The Morgan fingerprint density at radius 3 is 2.64 bits per heavy atom. The van der Waals surface area contributed by atoms with Crippen molar-refractivity contribution >= 4 is 5.97 Å². The van der Waals surface area contributed by atoms with Crippen molar-refractivity contribution in [1.82, 2.24) is 0 Å². The van der Waals surface area contributed by atoms with E-state index < -0.39 is 5.41 Å². The highest BCUT2D eigenvalue weighted by Crippen LogP contribution is 2.71. The molecule has 2 unspecified atom stereocenters. The van der Waals surface area contributed by atoms with Crippen LogP contribution in [0.1, 0.15) is 13.3 Å². The number of carbonyl (C=O) groups excluding carboxylic acids is 1. The molecule has 0 saturated heterocycles. The van der Waals surface area contributed by atoms with E-state index in [0.29, 0.717) is 17.3 Å². The summed E-state index contributed by atoms with van der Waals surface area (Å²) in [5.41, 5.74) is -0.101. The van der Waals surface area contributed by atoms with E-state index in [2.05, 4.69) is 19.1 Å². The van der Waals surface area contributed by atoms with E-state index >= 15 is 0 Å². The normalized spacial score (nSPS) is 51.6. The molecule has 4 aliphatic rings. The quantitative estimate of drug-likeness (QED) is 0.466. The first-order valence-electron chi connectivity index (χ1n) is 5.11. The maximum atomic E-state index is 11.8. The van der Waals surface area contributed by atoms with E-state index in [1.807, 2.05) is 12.2 Å². The summed E-state index contributed by atoms with van der Waals surface area (Å²) in [5.74, 6) is 0.915. The van der Waals surface area contributed by atoms with Crippen LogP contribution in [0.5, 0.6) is 0 Å². The molecule has 0 aliphatic heterocycles. The second-order valence-electron chi connectivity index (χ2n) is 4.93. The van der Waals surface area contributed by atoms with Gasteiger partial charge in [-0.1, -0.05) is 31.2 Å². The van der Waals surface area contributed by atoms with Crippen molar-refractivity contribution in [2.75, 3.05) is 7.11 Å². The van der Waals surface area contributed by atoms with Gasteiger partial charge in [0.2, 0.25) is 0 Å². The molecule has 2 nitrogen and oxygen atoms in total. The Labute approximate surface area is 83.6 Å². The number of hydrogen-bond acceptors (Lipinski definition) is 2. The van der Waals surface area contributed by atoms with Gasteiger partial charge in [0, 0.05) is 5.92 Å². The second-order valence-corrected chi connectivity index (χ2v) is 4.93. The molecule has 0 aromatic carbocycles. The lowest BCUT2D eigenvalue weighted by molar-refractivity contribution is -0.149. The second kappa shape index (κ2) is 2.13. The van der Waals surface area contributed by atoms with E-state index in [9.17, 15) is 4.79 Å². The molecule has 0 heterocycles. The molecule has 1 saturated carbocycles. The van der Waals surface area contributed by atoms with Crippen molar-refractivity contribution in [3.63, 3.8) is 0 Å². The van der Waals surface area contributed by atoms with Crippen LogP contribution >= 0.6 is 0 Å². The Balaban J connectivity index is 2.09. The lowest BCUT2D eigenvalue weighted by atomic mass is 9.65. The number of methoxy groups -OCH3 is 1. The first kappa shape index (κ1) is 8.27. The molecule has 2 bridgehead atoms. The first-order chi connectivity index (χ1) is 6.63. The molecule has 2 atom stereocenters. The molecule has 0 spiro atoms. The van der Waals surface area contributed by atoms with Gasteiger partial charge >= 0.3 is 5.97 Å². The average Bonchev–Trinajstić information content (AvgIpc) is 2.94. The molecule has 0 aromatic rings. The zero-order chi connectivity index (χ0) is 9.97. The summed E-state index contributed by atoms with van der Waals surface area (Å²) in [5, 5.41) is 0. The van der Waals surface area contributed by atoms with Gasteiger partial charge in [0.05, 0.1) is 7.11 Å². The molecule has 0 N–H and O–H groups in total. The average molecular weight is 190 g/mol. The molecule has 74 valence electrons. The van der Waals surface area contributed by atoms with Gasteiger partial charge in [0.1, 0.15) is 5.41 Å². The third kappa shape index (κ3) is 0.679. The van der Waals surface area contributed by atoms with Crippen LogP contribution < -0.4 is 0 Å². The van der Waals surface area contributed by atoms with Crippen LogP contribution in [-0.2, 0) is 9.53 Å². The molecule has 4 aliphatic carbocycles. The molecule has 2 heteroatoms. The van der Waals surface area contributed by atoms with Crippen molar-refractivity contribution < 1.29 is 9.53 Å². The molecule has 1 fully saturated rings. The number of ether oxygens (including phenoxy) is 1. The van der Waals surface area contributed by atoms with E-state index in [4.69, 9.17) is 4.74 Å². The summed E-state index contributed by atoms with van der Waals surface area (Å²) in [6.07, 6.45) is 9.57. The van der Waals surface area contributed by atoms with Gasteiger partial charge in [0.25, 0.3) is 0 Å². The van der Waals surface area contributed by atoms with Gasteiger partial charge in [-0.25, -0.2) is 0 Å². The summed E-state index contributed by atoms with van der Waals surface area (Å²) >= 11 is 0.